The Bertz CT molecular complexity index is 525. The van der Waals surface area contributed by atoms with Crippen LogP contribution in [-0.2, 0) is 4.74 Å². The number of aromatic carboxylic acids is 1. The van der Waals surface area contributed by atoms with Crippen LogP contribution in [0.2, 0.25) is 0 Å². The lowest BCUT2D eigenvalue weighted by atomic mass is 10.1. The van der Waals surface area contributed by atoms with Gasteiger partial charge in [0.1, 0.15) is 5.56 Å². The lowest BCUT2D eigenvalue weighted by molar-refractivity contribution is -0.385. The van der Waals surface area contributed by atoms with Gasteiger partial charge in [-0.15, -0.1) is 0 Å². The van der Waals surface area contributed by atoms with Crippen LogP contribution in [0.5, 0.6) is 0 Å². The highest BCUT2D eigenvalue weighted by molar-refractivity contribution is 5.93. The van der Waals surface area contributed by atoms with Crippen molar-refractivity contribution in [1.29, 1.82) is 0 Å². The molecule has 0 radical (unpaired) electrons. The van der Waals surface area contributed by atoms with E-state index in [0.717, 1.165) is 19.4 Å². The maximum atomic E-state index is 10.9. The van der Waals surface area contributed by atoms with Gasteiger partial charge in [-0.3, -0.25) is 10.1 Å². The van der Waals surface area contributed by atoms with Gasteiger partial charge in [0, 0.05) is 24.4 Å². The highest BCUT2D eigenvalue weighted by Gasteiger charge is 2.24. The molecule has 0 saturated carbocycles. The number of ether oxygens (including phenoxy) is 1. The summed E-state index contributed by atoms with van der Waals surface area (Å²) in [6, 6.07) is 4.02. The van der Waals surface area contributed by atoms with E-state index >= 15 is 0 Å². The Labute approximate surface area is 115 Å². The number of nitro groups is 1. The third-order valence-electron chi connectivity index (χ3n) is 3.34. The zero-order valence-corrected chi connectivity index (χ0v) is 11.0. The van der Waals surface area contributed by atoms with Gasteiger partial charge in [-0.25, -0.2) is 4.79 Å². The van der Waals surface area contributed by atoms with Gasteiger partial charge < -0.3 is 15.2 Å². The molecule has 2 unspecified atom stereocenters. The van der Waals surface area contributed by atoms with Gasteiger partial charge in [0.15, 0.2) is 0 Å². The minimum atomic E-state index is -1.31. The van der Waals surface area contributed by atoms with Crippen LogP contribution in [0.4, 0.5) is 11.4 Å². The standard InChI is InChI=1S/C13H16N2O5/c1-8(12-3-2-6-20-12)14-9-4-5-10(13(16)17)11(7-9)15(18)19/h4-5,7-8,12,14H,2-3,6H2,1H3,(H,16,17). The van der Waals surface area contributed by atoms with E-state index in [0.29, 0.717) is 5.69 Å². The summed E-state index contributed by atoms with van der Waals surface area (Å²) < 4.78 is 5.54. The van der Waals surface area contributed by atoms with Gasteiger partial charge in [0.05, 0.1) is 11.0 Å². The van der Waals surface area contributed by atoms with Crippen LogP contribution in [0.25, 0.3) is 0 Å². The minimum absolute atomic E-state index is 0.00721. The number of nitrogens with zero attached hydrogens (tertiary/aromatic N) is 1. The average molecular weight is 280 g/mol. The summed E-state index contributed by atoms with van der Waals surface area (Å²) >= 11 is 0. The van der Waals surface area contributed by atoms with Crippen LogP contribution in [0.1, 0.15) is 30.1 Å². The number of carboxylic acids is 1. The Morgan fingerprint density at radius 2 is 2.35 bits per heavy atom. The summed E-state index contributed by atoms with van der Waals surface area (Å²) in [4.78, 5) is 21.1. The zero-order valence-electron chi connectivity index (χ0n) is 11.0. The smallest absolute Gasteiger partial charge is 0.342 e. The summed E-state index contributed by atoms with van der Waals surface area (Å²) in [6.07, 6.45) is 2.03. The van der Waals surface area contributed by atoms with Crippen molar-refractivity contribution in [3.8, 4) is 0 Å². The predicted octanol–water partition coefficient (Wildman–Crippen LogP) is 2.27. The Hall–Kier alpha value is -2.15. The van der Waals surface area contributed by atoms with E-state index in [1.807, 2.05) is 6.92 Å². The molecule has 0 aromatic heterocycles. The molecule has 2 atom stereocenters. The van der Waals surface area contributed by atoms with Gasteiger partial charge in [-0.05, 0) is 31.9 Å². The Kier molecular flexibility index (Phi) is 4.19. The Morgan fingerprint density at radius 1 is 1.60 bits per heavy atom. The first-order chi connectivity index (χ1) is 9.49. The molecule has 1 aliphatic heterocycles. The second-order valence-corrected chi connectivity index (χ2v) is 4.78. The second-order valence-electron chi connectivity index (χ2n) is 4.78. The van der Waals surface area contributed by atoms with Crippen molar-refractivity contribution in [2.24, 2.45) is 0 Å². The van der Waals surface area contributed by atoms with E-state index in [4.69, 9.17) is 9.84 Å². The number of hydrogen-bond donors (Lipinski definition) is 2. The van der Waals surface area contributed by atoms with Crippen LogP contribution in [0.15, 0.2) is 18.2 Å². The van der Waals surface area contributed by atoms with E-state index in [2.05, 4.69) is 5.32 Å². The van der Waals surface area contributed by atoms with E-state index in [-0.39, 0.29) is 17.7 Å². The van der Waals surface area contributed by atoms with Crippen LogP contribution in [-0.4, -0.2) is 34.8 Å². The maximum Gasteiger partial charge on any atom is 0.342 e. The van der Waals surface area contributed by atoms with E-state index in [1.54, 1.807) is 0 Å². The molecule has 1 fully saturated rings. The number of carbonyl (C=O) groups is 1. The third-order valence-corrected chi connectivity index (χ3v) is 3.34. The number of carboxylic acid groups (broad SMARTS) is 1. The zero-order chi connectivity index (χ0) is 14.7. The molecule has 7 nitrogen and oxygen atoms in total. The minimum Gasteiger partial charge on any atom is -0.477 e. The number of hydrogen-bond acceptors (Lipinski definition) is 5. The van der Waals surface area contributed by atoms with Crippen LogP contribution in [0.3, 0.4) is 0 Å². The fourth-order valence-electron chi connectivity index (χ4n) is 2.31. The Balaban J connectivity index is 2.18. The number of anilines is 1. The molecular weight excluding hydrogens is 264 g/mol. The topological polar surface area (TPSA) is 102 Å². The van der Waals surface area contributed by atoms with E-state index in [9.17, 15) is 14.9 Å². The van der Waals surface area contributed by atoms with Crippen molar-refractivity contribution in [3.63, 3.8) is 0 Å². The van der Waals surface area contributed by atoms with Crippen molar-refractivity contribution in [2.45, 2.75) is 31.9 Å². The molecule has 1 aromatic rings. The summed E-state index contributed by atoms with van der Waals surface area (Å²) in [5.41, 5.74) is -0.211. The maximum absolute atomic E-state index is 10.9. The number of nitro benzene ring substituents is 1. The molecule has 2 rings (SSSR count). The average Bonchev–Trinajstić information content (AvgIpc) is 2.92. The first-order valence-corrected chi connectivity index (χ1v) is 6.39. The van der Waals surface area contributed by atoms with Gasteiger partial charge in [-0.1, -0.05) is 0 Å². The molecule has 1 aromatic carbocycles. The molecule has 0 spiro atoms. The molecule has 0 aliphatic carbocycles. The number of nitrogens with one attached hydrogen (secondary N) is 1. The monoisotopic (exact) mass is 280 g/mol. The fourth-order valence-corrected chi connectivity index (χ4v) is 2.31. The predicted molar refractivity (Wildman–Crippen MR) is 72.1 cm³/mol. The Morgan fingerprint density at radius 3 is 2.90 bits per heavy atom. The molecule has 0 amide bonds. The normalized spacial score (nSPS) is 19.6. The first kappa shape index (κ1) is 14.3. The summed E-state index contributed by atoms with van der Waals surface area (Å²) in [5, 5.41) is 22.9. The first-order valence-electron chi connectivity index (χ1n) is 6.39. The molecular formula is C13H16N2O5. The van der Waals surface area contributed by atoms with Crippen molar-refractivity contribution in [3.05, 3.63) is 33.9 Å². The van der Waals surface area contributed by atoms with Crippen LogP contribution in [0, 0.1) is 10.1 Å². The summed E-state index contributed by atoms with van der Waals surface area (Å²) in [5.74, 6) is -1.31. The third kappa shape index (κ3) is 3.05. The SMILES string of the molecule is CC(Nc1ccc(C(=O)O)c([N+](=O)[O-])c1)C1CCCO1. The number of benzene rings is 1. The van der Waals surface area contributed by atoms with E-state index in [1.165, 1.54) is 18.2 Å². The molecule has 1 saturated heterocycles. The summed E-state index contributed by atoms with van der Waals surface area (Å²) in [7, 11) is 0. The largest absolute Gasteiger partial charge is 0.477 e. The van der Waals surface area contributed by atoms with Crippen molar-refractivity contribution in [2.75, 3.05) is 11.9 Å². The molecule has 1 heterocycles. The van der Waals surface area contributed by atoms with Gasteiger partial charge in [0.2, 0.25) is 0 Å². The highest BCUT2D eigenvalue weighted by atomic mass is 16.6. The van der Waals surface area contributed by atoms with Crippen LogP contribution < -0.4 is 5.32 Å². The van der Waals surface area contributed by atoms with Crippen molar-refractivity contribution < 1.29 is 19.6 Å². The second kappa shape index (κ2) is 5.87. The lowest BCUT2D eigenvalue weighted by Crippen LogP contribution is -2.30. The number of rotatable bonds is 5. The fraction of sp³-hybridized carbons (Fsp3) is 0.462. The molecule has 7 heteroatoms. The molecule has 1 aliphatic rings. The van der Waals surface area contributed by atoms with Crippen molar-refractivity contribution >= 4 is 17.3 Å². The lowest BCUT2D eigenvalue weighted by Gasteiger charge is -2.21. The van der Waals surface area contributed by atoms with Gasteiger partial charge >= 0.3 is 5.97 Å². The van der Waals surface area contributed by atoms with E-state index < -0.39 is 16.6 Å². The quantitative estimate of drug-likeness (QED) is 0.633. The molecule has 2 N–H and O–H groups in total. The summed E-state index contributed by atoms with van der Waals surface area (Å²) in [6.45, 7) is 2.67. The van der Waals surface area contributed by atoms with Gasteiger partial charge in [-0.2, -0.15) is 0 Å². The molecule has 20 heavy (non-hydrogen) atoms. The van der Waals surface area contributed by atoms with Gasteiger partial charge in [0.25, 0.3) is 5.69 Å². The van der Waals surface area contributed by atoms with Crippen molar-refractivity contribution in [1.82, 2.24) is 0 Å². The molecule has 108 valence electrons. The van der Waals surface area contributed by atoms with Crippen LogP contribution >= 0.6 is 0 Å². The highest BCUT2D eigenvalue weighted by Crippen LogP contribution is 2.25. The molecule has 0 bridgehead atoms.